The molecule has 2 aliphatic heterocycles. The van der Waals surface area contributed by atoms with Crippen LogP contribution in [0.25, 0.3) is 10.9 Å². The molecule has 15 nitrogen and oxygen atoms in total. The molecule has 0 N–H and O–H groups in total. The summed E-state index contributed by atoms with van der Waals surface area (Å²) in [6.45, 7) is 30.3. The molecule has 3 amide bonds. The number of carbonyl (C=O) groups is 3. The van der Waals surface area contributed by atoms with Gasteiger partial charge in [-0.1, -0.05) is 197 Å². The summed E-state index contributed by atoms with van der Waals surface area (Å²) in [7, 11) is 0. The number of nitro groups is 2. The van der Waals surface area contributed by atoms with Gasteiger partial charge < -0.3 is 4.90 Å². The molecule has 24 heteroatoms. The molecule has 0 spiro atoms. The lowest BCUT2D eigenvalue weighted by Gasteiger charge is -2.10. The molecule has 1 aromatic heterocycles. The van der Waals surface area contributed by atoms with Crippen LogP contribution in [0.2, 0.25) is 25.1 Å². The van der Waals surface area contributed by atoms with Gasteiger partial charge in [-0.25, -0.2) is 22.2 Å². The first kappa shape index (κ1) is 91.2. The molecule has 2 aliphatic rings. The van der Waals surface area contributed by atoms with E-state index in [2.05, 4.69) is 44.9 Å². The third-order valence-corrected chi connectivity index (χ3v) is 15.6. The number of nitrogens with zero attached hydrogens (tertiary/aromatic N) is 7. The van der Waals surface area contributed by atoms with Crippen molar-refractivity contribution in [2.45, 2.75) is 196 Å². The molecular formula is C67H96Cl5F4N7O8. The van der Waals surface area contributed by atoms with Gasteiger partial charge in [0.05, 0.1) is 40.3 Å². The van der Waals surface area contributed by atoms with E-state index in [9.17, 15) is 57.0 Å². The van der Waals surface area contributed by atoms with Crippen molar-refractivity contribution < 1.29 is 41.8 Å². The summed E-state index contributed by atoms with van der Waals surface area (Å²) in [5, 5.41) is 30.4. The fraction of sp³-hybridized carbons (Fsp3) is 0.493. The molecule has 0 saturated carbocycles. The quantitative estimate of drug-likeness (QED) is 0.0301. The number of imide groups is 1. The Morgan fingerprint density at radius 2 is 1.03 bits per heavy atom. The third-order valence-electron chi connectivity index (χ3n) is 13.2. The lowest BCUT2D eigenvalue weighted by molar-refractivity contribution is -0.385. The van der Waals surface area contributed by atoms with Crippen LogP contribution in [-0.4, -0.2) is 72.0 Å². The number of aryl methyl sites for hydroxylation is 4. The summed E-state index contributed by atoms with van der Waals surface area (Å²) >= 11 is 29.3. The summed E-state index contributed by atoms with van der Waals surface area (Å²) in [6, 6.07) is 18.9. The van der Waals surface area contributed by atoms with Gasteiger partial charge in [-0.3, -0.25) is 44.3 Å². The molecule has 8 rings (SSSR count). The molecule has 510 valence electrons. The van der Waals surface area contributed by atoms with Crippen LogP contribution in [0.15, 0.2) is 71.5 Å². The fourth-order valence-corrected chi connectivity index (χ4v) is 8.76. The average Bonchev–Trinajstić information content (AvgIpc) is 1.60. The summed E-state index contributed by atoms with van der Waals surface area (Å²) in [4.78, 5) is 66.8. The average molecular weight is 1380 g/mol. The second-order valence-electron chi connectivity index (χ2n) is 19.8. The van der Waals surface area contributed by atoms with Crippen LogP contribution in [0.5, 0.6) is 0 Å². The number of unbranched alkanes of at least 4 members (excludes halogenated alkanes) is 1. The Labute approximate surface area is 562 Å². The number of non-ortho nitro benzene ring substituents is 2. The SMILES string of the molecule is C.C.C.CCC(C)C.CCCC.CCN1C(=O)CCC1=O.CCN1CCCC1=O.CCc1c(C)c(F)c(F)c(F)c1F.CCc1c(Cl)c(Cl)c(Cl)c(Cl)c1Cl.CCc1ccc([N+](=O)[O-])cc1.CCc1cccc([N+](=O)[O-])c1.CCn1nnc2cc(C)ccc2c1=O. The zero-order valence-electron chi connectivity index (χ0n) is 52.8. The van der Waals surface area contributed by atoms with E-state index in [1.165, 1.54) is 54.0 Å². The van der Waals surface area contributed by atoms with E-state index in [1.807, 2.05) is 64.6 Å². The van der Waals surface area contributed by atoms with E-state index in [1.54, 1.807) is 44.2 Å². The molecule has 2 fully saturated rings. The molecule has 6 aromatic rings. The third kappa shape index (κ3) is 30.4. The zero-order chi connectivity index (χ0) is 67.5. The van der Waals surface area contributed by atoms with Gasteiger partial charge in [-0.15, -0.1) is 5.10 Å². The number of likely N-dealkylation sites (tertiary alicyclic amines) is 2. The molecule has 0 radical (unpaired) electrons. The molecule has 0 atom stereocenters. The van der Waals surface area contributed by atoms with Gasteiger partial charge in [-0.05, 0) is 118 Å². The van der Waals surface area contributed by atoms with E-state index in [4.69, 9.17) is 58.0 Å². The lowest BCUT2D eigenvalue weighted by Crippen LogP contribution is -2.28. The van der Waals surface area contributed by atoms with Crippen LogP contribution >= 0.6 is 58.0 Å². The minimum atomic E-state index is -1.74. The van der Waals surface area contributed by atoms with Gasteiger partial charge in [0.1, 0.15) is 5.52 Å². The van der Waals surface area contributed by atoms with E-state index in [0.29, 0.717) is 59.2 Å². The fourth-order valence-electron chi connectivity index (χ4n) is 7.32. The van der Waals surface area contributed by atoms with Crippen molar-refractivity contribution in [1.82, 2.24) is 24.8 Å². The molecular weight excluding hydrogens is 1280 g/mol. The summed E-state index contributed by atoms with van der Waals surface area (Å²) in [6.07, 6.45) is 9.14. The topological polar surface area (TPSA) is 192 Å². The van der Waals surface area contributed by atoms with E-state index >= 15 is 0 Å². The molecule has 5 aromatic carbocycles. The van der Waals surface area contributed by atoms with Crippen molar-refractivity contribution in [3.05, 3.63) is 179 Å². The van der Waals surface area contributed by atoms with Crippen molar-refractivity contribution >= 4 is 98.0 Å². The van der Waals surface area contributed by atoms with E-state index in [-0.39, 0.29) is 93.5 Å². The zero-order valence-corrected chi connectivity index (χ0v) is 56.6. The first-order valence-electron chi connectivity index (χ1n) is 29.2. The van der Waals surface area contributed by atoms with Gasteiger partial charge in [0.25, 0.3) is 16.9 Å². The second kappa shape index (κ2) is 48.5. The Bertz CT molecular complexity index is 3120. The van der Waals surface area contributed by atoms with Crippen LogP contribution in [0, 0.1) is 63.3 Å². The number of hydrogen-bond acceptors (Lipinski definition) is 10. The lowest BCUT2D eigenvalue weighted by atomic mass is 10.0. The maximum absolute atomic E-state index is 12.9. The van der Waals surface area contributed by atoms with Crippen LogP contribution in [0.1, 0.15) is 184 Å². The molecule has 0 bridgehead atoms. The monoisotopic (exact) mass is 1380 g/mol. The number of rotatable bonds is 11. The number of aromatic nitrogens is 3. The first-order chi connectivity index (χ1) is 41.5. The van der Waals surface area contributed by atoms with Crippen LogP contribution in [-0.2, 0) is 46.6 Å². The van der Waals surface area contributed by atoms with Gasteiger partial charge in [0, 0.05) is 69.7 Å². The standard InChI is InChI=1S/C10H11N3O.C9H8F4.C8H5Cl5.2C8H9NO2.C6H9NO2.C6H11NO.C5H12.C4H10.3CH4/c1-3-13-10(14)8-5-4-7(2)6-9(8)11-12-13;1-3-5-4(2)6(10)8(12)9(13)7(5)11;1-2-3-4(9)6(11)8(13)7(12)5(3)10;1-2-7-3-5-8(6-4-7)9(10)11;1-2-7-4-3-5-8(6-7)9(10)11;1-2-7-5(8)3-4-6(7)9;1-2-7-5-3-4-6(7)8;1-4-5(2)3;1-3-4-2;;;/h4-6H,3H2,1-2H3;3H2,1-2H3;2H2,1H3;2*3-6H,2H2,1H3;2-4H2,1H3;2-5H2,1H3;5H,4H2,1-3H3;3-4H2,1-2H3;3*1H4. The van der Waals surface area contributed by atoms with Crippen molar-refractivity contribution in [2.24, 2.45) is 5.92 Å². The molecule has 2 saturated heterocycles. The largest absolute Gasteiger partial charge is 0.343 e. The highest BCUT2D eigenvalue weighted by atomic mass is 35.5. The maximum Gasteiger partial charge on any atom is 0.277 e. The molecule has 0 unspecified atom stereocenters. The molecule has 91 heavy (non-hydrogen) atoms. The van der Waals surface area contributed by atoms with Crippen LogP contribution in [0.3, 0.4) is 0 Å². The number of carbonyl (C=O) groups excluding carboxylic acids is 3. The van der Waals surface area contributed by atoms with E-state index < -0.39 is 23.3 Å². The number of halogens is 9. The summed E-state index contributed by atoms with van der Waals surface area (Å²) in [5.74, 6) is -4.92. The number of benzene rings is 5. The first-order valence-corrected chi connectivity index (χ1v) is 31.1. The Balaban J connectivity index is -0.000000474. The Hall–Kier alpha value is -6.25. The van der Waals surface area contributed by atoms with Gasteiger partial charge in [0.15, 0.2) is 23.3 Å². The van der Waals surface area contributed by atoms with Crippen LogP contribution < -0.4 is 5.56 Å². The van der Waals surface area contributed by atoms with Crippen LogP contribution in [0.4, 0.5) is 28.9 Å². The van der Waals surface area contributed by atoms with Gasteiger partial charge in [-0.2, -0.15) is 0 Å². The number of fused-ring (bicyclic) bond motifs is 1. The normalized spacial score (nSPS) is 11.5. The Morgan fingerprint density at radius 3 is 1.41 bits per heavy atom. The highest BCUT2D eigenvalue weighted by molar-refractivity contribution is 6.55. The highest BCUT2D eigenvalue weighted by Crippen LogP contribution is 2.44. The van der Waals surface area contributed by atoms with Gasteiger partial charge >= 0.3 is 0 Å². The Kier molecular flexibility index (Phi) is 48.6. The van der Waals surface area contributed by atoms with Gasteiger partial charge in [0.2, 0.25) is 17.7 Å². The van der Waals surface area contributed by atoms with E-state index in [0.717, 1.165) is 66.9 Å². The highest BCUT2D eigenvalue weighted by Gasteiger charge is 2.27. The number of nitro benzene ring substituents is 2. The maximum atomic E-state index is 12.9. The number of amides is 3. The molecule has 3 heterocycles. The second-order valence-corrected chi connectivity index (χ2v) is 21.7. The predicted molar refractivity (Wildman–Crippen MR) is 369 cm³/mol. The minimum absolute atomic E-state index is 0. The van der Waals surface area contributed by atoms with Crippen molar-refractivity contribution in [1.29, 1.82) is 0 Å². The Morgan fingerprint density at radius 1 is 0.549 bits per heavy atom. The van der Waals surface area contributed by atoms with Crippen molar-refractivity contribution in [3.63, 3.8) is 0 Å². The minimum Gasteiger partial charge on any atom is -0.343 e. The molecule has 0 aliphatic carbocycles. The van der Waals surface area contributed by atoms with Crippen molar-refractivity contribution in [2.75, 3.05) is 19.6 Å². The summed E-state index contributed by atoms with van der Waals surface area (Å²) in [5.41, 5.74) is 4.57. The predicted octanol–water partition coefficient (Wildman–Crippen LogP) is 20.6. The summed E-state index contributed by atoms with van der Waals surface area (Å²) < 4.78 is 52.3. The smallest absolute Gasteiger partial charge is 0.277 e. The van der Waals surface area contributed by atoms with Crippen molar-refractivity contribution in [3.8, 4) is 0 Å². The number of hydrogen-bond donors (Lipinski definition) is 0.